The lowest BCUT2D eigenvalue weighted by Gasteiger charge is -2.31. The Kier molecular flexibility index (Phi) is 25.4. The smallest absolute Gasteiger partial charge is 0.416 e. The van der Waals surface area contributed by atoms with E-state index in [0.717, 1.165) is 60.5 Å². The van der Waals surface area contributed by atoms with Gasteiger partial charge in [0.05, 0.1) is 60.0 Å². The molecule has 2 heterocycles. The number of sulfone groups is 1. The van der Waals surface area contributed by atoms with E-state index in [1.807, 2.05) is 26.0 Å². The number of nitrogens with zero attached hydrogens (tertiary/aromatic N) is 5. The molecule has 0 spiro atoms. The van der Waals surface area contributed by atoms with Crippen molar-refractivity contribution in [1.82, 2.24) is 24.8 Å². The Labute approximate surface area is 464 Å². The first-order chi connectivity index (χ1) is 36.7. The third kappa shape index (κ3) is 19.6. The van der Waals surface area contributed by atoms with Crippen LogP contribution in [0.15, 0.2) is 68.9 Å². The highest BCUT2D eigenvalue weighted by Gasteiger charge is 2.36. The van der Waals surface area contributed by atoms with Gasteiger partial charge in [-0.1, -0.05) is 41.9 Å². The second kappa shape index (κ2) is 29.7. The number of methoxy groups -OCH3 is 1. The van der Waals surface area contributed by atoms with Crippen molar-refractivity contribution in [2.45, 2.75) is 95.3 Å². The lowest BCUT2D eigenvalue weighted by Crippen LogP contribution is -2.43. The molecule has 1 fully saturated rings. The average molecular weight is 1220 g/mol. The summed E-state index contributed by atoms with van der Waals surface area (Å²) >= 11 is 17.7. The predicted octanol–water partition coefficient (Wildman–Crippen LogP) is 8.41. The number of ketones is 1. The number of halogens is 9. The number of amides is 1. The molecule has 0 radical (unpaired) electrons. The number of aryl methyl sites for hydroxylation is 3. The Balaban J connectivity index is 0.000000289. The quantitative estimate of drug-likeness (QED) is 0.0187. The van der Waals surface area contributed by atoms with E-state index in [4.69, 9.17) is 63.7 Å². The molecule has 436 valence electrons. The molecular weight excluding hydrogens is 1170 g/mol. The highest BCUT2D eigenvalue weighted by Crippen LogP contribution is 2.42. The standard InChI is InChI=1S/C15H14Cl2F3N3O3.C15H22ClNO2.C15H12F3NO4S.C3H8NO5P/c1-3-26-13(24)10(17)4-8-5-12(11(18)6-9(8)16)23-15(25)22(14(19)20)7(2)21-23;1-5-13-8-6-7-11(2)15(13)17(14(18)9-16)12(3)10-19-4;1-24(21,22)12-6-9(15(16,17)18)4-5-10(12)13(20)11-7-19-23-14(11)8-2-3-8;5-3(6)1-4-2-10(7,8)9/h5-6,10,14H,3-4H2,1-2H3;6-8,12H,5,9-10H2,1-4H3;4-8H,2-3H2,1H3;4H,1-2H2,(H,5,6)(H2,7,8,9). The van der Waals surface area contributed by atoms with Crippen LogP contribution in [0.5, 0.6) is 0 Å². The second-order valence-electron chi connectivity index (χ2n) is 17.2. The van der Waals surface area contributed by atoms with Crippen molar-refractivity contribution >= 4 is 81.6 Å². The van der Waals surface area contributed by atoms with Gasteiger partial charge in [0, 0.05) is 36.3 Å². The van der Waals surface area contributed by atoms with Gasteiger partial charge in [-0.05, 0) is 94.0 Å². The number of ether oxygens (including phenoxy) is 2. The van der Waals surface area contributed by atoms with Crippen LogP contribution >= 0.6 is 42.4 Å². The minimum absolute atomic E-state index is 0.0223. The van der Waals surface area contributed by atoms with Gasteiger partial charge in [0.25, 0.3) is 0 Å². The maximum Gasteiger partial charge on any atom is 0.416 e. The number of carboxylic acid groups (broad SMARTS) is 1. The van der Waals surface area contributed by atoms with Crippen molar-refractivity contribution in [3.8, 4) is 5.69 Å². The van der Waals surface area contributed by atoms with E-state index in [9.17, 15) is 63.3 Å². The summed E-state index contributed by atoms with van der Waals surface area (Å²) in [5, 5.41) is 16.1. The highest BCUT2D eigenvalue weighted by molar-refractivity contribution is 7.90. The molecule has 2 atom stereocenters. The summed E-state index contributed by atoms with van der Waals surface area (Å²) in [6.07, 6.45) is -0.980. The summed E-state index contributed by atoms with van der Waals surface area (Å²) in [4.78, 5) is 75.8. The van der Waals surface area contributed by atoms with E-state index in [2.05, 4.69) is 28.6 Å². The topological polar surface area (TPSA) is 280 Å². The molecule has 1 amide bonds. The Morgan fingerprint density at radius 3 is 2.19 bits per heavy atom. The fraction of sp³-hybridized carbons (Fsp3) is 0.438. The first kappa shape index (κ1) is 67.6. The van der Waals surface area contributed by atoms with Crippen molar-refractivity contribution in [3.63, 3.8) is 0 Å². The number of aliphatic carboxylic acids is 1. The second-order valence-corrected chi connectivity index (χ2v) is 22.0. The normalized spacial score (nSPS) is 13.2. The molecular formula is C48H56Cl3F6N6O14PS. The molecule has 5 aromatic rings. The zero-order chi connectivity index (χ0) is 59.9. The number of anilines is 1. The van der Waals surface area contributed by atoms with Gasteiger partial charge in [0.15, 0.2) is 27.2 Å². The third-order valence-electron chi connectivity index (χ3n) is 11.0. The van der Waals surface area contributed by atoms with Crippen molar-refractivity contribution in [2.24, 2.45) is 0 Å². The lowest BCUT2D eigenvalue weighted by molar-refractivity contribution is -0.142. The number of hydrogen-bond acceptors (Lipinski definition) is 14. The van der Waals surface area contributed by atoms with Gasteiger partial charge in [0.2, 0.25) is 5.91 Å². The van der Waals surface area contributed by atoms with Crippen LogP contribution in [0.25, 0.3) is 5.69 Å². The Morgan fingerprint density at radius 2 is 1.68 bits per heavy atom. The number of hydrogen-bond donors (Lipinski definition) is 4. The fourth-order valence-corrected chi connectivity index (χ4v) is 9.18. The molecule has 20 nitrogen and oxygen atoms in total. The van der Waals surface area contributed by atoms with Crippen molar-refractivity contribution in [3.05, 3.63) is 121 Å². The molecule has 0 aliphatic heterocycles. The molecule has 1 aliphatic rings. The number of para-hydroxylation sites is 1. The number of nitrogens with one attached hydrogen (secondary N) is 1. The Morgan fingerprint density at radius 1 is 1.04 bits per heavy atom. The molecule has 31 heteroatoms. The summed E-state index contributed by atoms with van der Waals surface area (Å²) in [5.74, 6) is -3.50. The third-order valence-corrected chi connectivity index (χ3v) is 13.7. The number of alkyl halides is 7. The number of benzene rings is 3. The largest absolute Gasteiger partial charge is 0.480 e. The van der Waals surface area contributed by atoms with E-state index < -0.39 is 88.1 Å². The van der Waals surface area contributed by atoms with Gasteiger partial charge in [-0.2, -0.15) is 26.6 Å². The van der Waals surface area contributed by atoms with Crippen LogP contribution in [0.3, 0.4) is 0 Å². The van der Waals surface area contributed by atoms with E-state index in [-0.39, 0.29) is 74.6 Å². The molecule has 0 saturated heterocycles. The van der Waals surface area contributed by atoms with Gasteiger partial charge in [0.1, 0.15) is 22.8 Å². The maximum atomic E-state index is 14.2. The van der Waals surface area contributed by atoms with Crippen LogP contribution in [0.2, 0.25) is 5.02 Å². The molecule has 6 rings (SSSR count). The predicted molar refractivity (Wildman–Crippen MR) is 278 cm³/mol. The number of carboxylic acids is 1. The number of aromatic nitrogens is 4. The molecule has 4 N–H and O–H groups in total. The molecule has 2 aromatic heterocycles. The molecule has 79 heavy (non-hydrogen) atoms. The fourth-order valence-electron chi connectivity index (χ4n) is 7.29. The van der Waals surface area contributed by atoms with Crippen LogP contribution in [0.1, 0.15) is 95.8 Å². The van der Waals surface area contributed by atoms with E-state index in [0.29, 0.717) is 29.2 Å². The number of carbonyl (C=O) groups excluding carboxylic acids is 3. The van der Waals surface area contributed by atoms with Crippen LogP contribution in [-0.4, -0.2) is 123 Å². The van der Waals surface area contributed by atoms with Crippen molar-refractivity contribution in [1.29, 1.82) is 0 Å². The summed E-state index contributed by atoms with van der Waals surface area (Å²) < 4.78 is 128. The summed E-state index contributed by atoms with van der Waals surface area (Å²) in [5.41, 5.74) is 0.474. The van der Waals surface area contributed by atoms with Crippen LogP contribution < -0.4 is 15.9 Å². The molecule has 2 unspecified atom stereocenters. The monoisotopic (exact) mass is 1220 g/mol. The van der Waals surface area contributed by atoms with E-state index in [1.54, 1.807) is 18.9 Å². The van der Waals surface area contributed by atoms with Gasteiger partial charge in [-0.15, -0.1) is 28.3 Å². The van der Waals surface area contributed by atoms with E-state index in [1.165, 1.54) is 13.1 Å². The summed E-state index contributed by atoms with van der Waals surface area (Å²) in [7, 11) is -6.50. The zero-order valence-corrected chi connectivity index (χ0v) is 47.2. The van der Waals surface area contributed by atoms with Gasteiger partial charge in [-0.3, -0.25) is 29.1 Å². The zero-order valence-electron chi connectivity index (χ0n) is 43.2. The van der Waals surface area contributed by atoms with Crippen molar-refractivity contribution < 1.29 is 87.4 Å². The van der Waals surface area contributed by atoms with Crippen LogP contribution in [-0.2, 0) is 57.3 Å². The molecule has 3 aromatic carbocycles. The average Bonchev–Trinajstić information content (AvgIpc) is 4.00. The number of rotatable bonds is 20. The van der Waals surface area contributed by atoms with E-state index >= 15 is 0 Å². The maximum absolute atomic E-state index is 14.2. The van der Waals surface area contributed by atoms with Crippen LogP contribution in [0.4, 0.5) is 32.0 Å². The Bertz CT molecular complexity index is 3170. The summed E-state index contributed by atoms with van der Waals surface area (Å²) in [6, 6.07) is 10.1. The lowest BCUT2D eigenvalue weighted by atomic mass is 10.0. The van der Waals surface area contributed by atoms with Gasteiger partial charge < -0.3 is 33.8 Å². The van der Waals surface area contributed by atoms with Gasteiger partial charge in [-0.25, -0.2) is 22.2 Å². The number of carbonyl (C=O) groups is 4. The minimum atomic E-state index is -4.71. The first-order valence-corrected chi connectivity index (χ1v) is 28.4. The highest BCUT2D eigenvalue weighted by atomic mass is 35.5. The first-order valence-electron chi connectivity index (χ1n) is 23.3. The Hall–Kier alpha value is -5.64. The van der Waals surface area contributed by atoms with Crippen molar-refractivity contribution in [2.75, 3.05) is 50.2 Å². The molecule has 1 aliphatic carbocycles. The molecule has 0 bridgehead atoms. The SMILES string of the molecule is CCOC(=O)C(Cl)Cc1cc(-n2nc(C)n(C(F)F)c2=O)c(F)cc1Cl.CCc1cccc(C)c1N(C(=O)CCl)C(C)COC.CS(=O)(=O)c1cc(C(F)(F)F)ccc1C(=O)c1cnoc1C1CC1.O=C(O)CNCP(=O)(O)O. The summed E-state index contributed by atoms with van der Waals surface area (Å²) in [6.45, 7) is 5.93. The number of esters is 1. The molecule has 1 saturated carbocycles. The minimum Gasteiger partial charge on any atom is -0.480 e. The van der Waals surface area contributed by atoms with Crippen LogP contribution in [0, 0.1) is 19.7 Å². The van der Waals surface area contributed by atoms with Gasteiger partial charge >= 0.3 is 37.9 Å².